The van der Waals surface area contributed by atoms with Crippen molar-refractivity contribution in [2.24, 2.45) is 11.1 Å². The topological polar surface area (TPSA) is 93.7 Å². The van der Waals surface area contributed by atoms with Gasteiger partial charge >= 0.3 is 0 Å². The van der Waals surface area contributed by atoms with Gasteiger partial charge in [0.15, 0.2) is 0 Å². The van der Waals surface area contributed by atoms with Crippen LogP contribution >= 0.6 is 11.6 Å². The molecular weight excluding hydrogens is 461 g/mol. The molecule has 3 heterocycles. The molecule has 184 valence electrons. The van der Waals surface area contributed by atoms with Crippen molar-refractivity contribution < 1.29 is 18.7 Å². The number of carbonyl (C=O) groups excluding carboxylic acids is 2. The van der Waals surface area contributed by atoms with Gasteiger partial charge in [0.2, 0.25) is 5.91 Å². The first-order valence-electron chi connectivity index (χ1n) is 11.5. The Morgan fingerprint density at radius 3 is 2.59 bits per heavy atom. The van der Waals surface area contributed by atoms with E-state index in [4.69, 9.17) is 27.2 Å². The van der Waals surface area contributed by atoms with Crippen LogP contribution in [0.4, 0.5) is 4.39 Å². The highest BCUT2D eigenvalue weighted by molar-refractivity contribution is 6.31. The van der Waals surface area contributed by atoms with Crippen LogP contribution in [0.5, 0.6) is 0 Å². The quantitative estimate of drug-likeness (QED) is 0.693. The first-order chi connectivity index (χ1) is 16.0. The van der Waals surface area contributed by atoms with Gasteiger partial charge in [-0.05, 0) is 23.6 Å². The van der Waals surface area contributed by atoms with E-state index in [1.807, 2.05) is 25.5 Å². The highest BCUT2D eigenvalue weighted by Gasteiger charge is 2.36. The van der Waals surface area contributed by atoms with Gasteiger partial charge in [0.05, 0.1) is 42.1 Å². The molecule has 0 spiro atoms. The van der Waals surface area contributed by atoms with E-state index >= 15 is 0 Å². The molecule has 0 saturated carbocycles. The number of hydrogen-bond donors (Lipinski definition) is 1. The van der Waals surface area contributed by atoms with Crippen LogP contribution < -0.4 is 5.73 Å². The fourth-order valence-electron chi connectivity index (χ4n) is 4.58. The zero-order valence-electron chi connectivity index (χ0n) is 19.8. The summed E-state index contributed by atoms with van der Waals surface area (Å²) >= 11 is 6.01. The molecule has 1 fully saturated rings. The molecular formula is C24H31ClFN5O3. The van der Waals surface area contributed by atoms with Gasteiger partial charge in [-0.1, -0.05) is 32.4 Å². The normalized spacial score (nSPS) is 19.2. The lowest BCUT2D eigenvalue weighted by molar-refractivity contribution is -0.135. The zero-order chi connectivity index (χ0) is 24.6. The molecule has 2 aromatic rings. The first kappa shape index (κ1) is 24.6. The van der Waals surface area contributed by atoms with Crippen molar-refractivity contribution in [2.45, 2.75) is 39.8 Å². The van der Waals surface area contributed by atoms with Crippen molar-refractivity contribution in [3.8, 4) is 11.3 Å². The standard InChI is InChI=1S/C24H31ClFN5O3/c1-24(2,3)11-20(32)30-13-16(12-29-6-8-34-9-7-29)31-19(14-30)21(23(27)33)22(28-31)15-4-5-18(26)17(25)10-15/h4-5,10,16H,6-9,11-14H2,1-3H3,(H2,27,33). The molecule has 2 amide bonds. The summed E-state index contributed by atoms with van der Waals surface area (Å²) in [5, 5.41) is 4.70. The number of nitrogens with two attached hydrogens (primary N) is 1. The first-order valence-corrected chi connectivity index (χ1v) is 11.9. The summed E-state index contributed by atoms with van der Waals surface area (Å²) < 4.78 is 21.1. The Labute approximate surface area is 203 Å². The van der Waals surface area contributed by atoms with E-state index in [2.05, 4.69) is 4.90 Å². The number of benzene rings is 1. The third-order valence-corrected chi connectivity index (χ3v) is 6.46. The number of morpholine rings is 1. The Morgan fingerprint density at radius 1 is 1.26 bits per heavy atom. The van der Waals surface area contributed by atoms with E-state index in [1.165, 1.54) is 18.2 Å². The van der Waals surface area contributed by atoms with Crippen LogP contribution in [-0.2, 0) is 16.1 Å². The third-order valence-electron chi connectivity index (χ3n) is 6.17. The fourth-order valence-corrected chi connectivity index (χ4v) is 4.76. The molecule has 34 heavy (non-hydrogen) atoms. The van der Waals surface area contributed by atoms with Crippen molar-refractivity contribution >= 4 is 23.4 Å². The molecule has 8 nitrogen and oxygen atoms in total. The van der Waals surface area contributed by atoms with Gasteiger partial charge in [0, 0.05) is 38.2 Å². The molecule has 0 radical (unpaired) electrons. The number of carbonyl (C=O) groups is 2. The lowest BCUT2D eigenvalue weighted by atomic mass is 9.91. The second kappa shape index (κ2) is 9.64. The lowest BCUT2D eigenvalue weighted by Gasteiger charge is -2.38. The van der Waals surface area contributed by atoms with E-state index in [0.717, 1.165) is 13.1 Å². The van der Waals surface area contributed by atoms with Gasteiger partial charge in [-0.25, -0.2) is 4.39 Å². The zero-order valence-corrected chi connectivity index (χ0v) is 20.6. The average molecular weight is 492 g/mol. The highest BCUT2D eigenvalue weighted by Crippen LogP contribution is 2.34. The Kier molecular flexibility index (Phi) is 6.98. The van der Waals surface area contributed by atoms with Gasteiger partial charge < -0.3 is 15.4 Å². The predicted octanol–water partition coefficient (Wildman–Crippen LogP) is 3.09. The molecule has 2 aliphatic heterocycles. The van der Waals surface area contributed by atoms with Crippen LogP contribution in [0.1, 0.15) is 49.3 Å². The number of halogens is 2. The molecule has 1 saturated heterocycles. The second-order valence-electron chi connectivity index (χ2n) is 10.2. The van der Waals surface area contributed by atoms with Gasteiger partial charge in [0.1, 0.15) is 11.5 Å². The van der Waals surface area contributed by atoms with Gasteiger partial charge in [0.25, 0.3) is 5.91 Å². The summed E-state index contributed by atoms with van der Waals surface area (Å²) in [7, 11) is 0. The number of ether oxygens (including phenoxy) is 1. The number of fused-ring (bicyclic) bond motifs is 1. The van der Waals surface area contributed by atoms with Crippen molar-refractivity contribution in [2.75, 3.05) is 39.4 Å². The summed E-state index contributed by atoms with van der Waals surface area (Å²) in [6.45, 7) is 10.3. The number of amides is 2. The number of rotatable bonds is 5. The molecule has 1 aromatic carbocycles. The molecule has 1 unspecified atom stereocenters. The minimum atomic E-state index is -0.646. The third kappa shape index (κ3) is 5.26. The SMILES string of the molecule is CC(C)(C)CC(=O)N1Cc2c(C(N)=O)c(-c3ccc(F)c(Cl)c3)nn2C(CN2CCOCC2)C1. The van der Waals surface area contributed by atoms with Crippen LogP contribution in [0, 0.1) is 11.2 Å². The van der Waals surface area contributed by atoms with E-state index in [9.17, 15) is 14.0 Å². The molecule has 1 aromatic heterocycles. The maximum Gasteiger partial charge on any atom is 0.252 e. The summed E-state index contributed by atoms with van der Waals surface area (Å²) in [6.07, 6.45) is 0.387. The maximum absolute atomic E-state index is 13.8. The van der Waals surface area contributed by atoms with Crippen molar-refractivity contribution in [1.82, 2.24) is 19.6 Å². The van der Waals surface area contributed by atoms with Crippen molar-refractivity contribution in [1.29, 1.82) is 0 Å². The van der Waals surface area contributed by atoms with Crippen LogP contribution in [0.25, 0.3) is 11.3 Å². The Bertz CT molecular complexity index is 1090. The minimum absolute atomic E-state index is 0.0220. The van der Waals surface area contributed by atoms with Crippen LogP contribution in [-0.4, -0.2) is 70.8 Å². The average Bonchev–Trinajstić information content (AvgIpc) is 3.15. The van der Waals surface area contributed by atoms with Gasteiger partial charge in [-0.15, -0.1) is 0 Å². The summed E-state index contributed by atoms with van der Waals surface area (Å²) in [4.78, 5) is 29.9. The maximum atomic E-state index is 13.8. The molecule has 2 N–H and O–H groups in total. The fraction of sp³-hybridized carbons (Fsp3) is 0.542. The number of aromatic nitrogens is 2. The second-order valence-corrected chi connectivity index (χ2v) is 10.6. The molecule has 1 atom stereocenters. The van der Waals surface area contributed by atoms with Crippen LogP contribution in [0.3, 0.4) is 0 Å². The molecule has 0 aliphatic carbocycles. The summed E-state index contributed by atoms with van der Waals surface area (Å²) in [6, 6.07) is 4.04. The number of primary amides is 1. The number of hydrogen-bond acceptors (Lipinski definition) is 5. The molecule has 10 heteroatoms. The highest BCUT2D eigenvalue weighted by atomic mass is 35.5. The molecule has 0 bridgehead atoms. The summed E-state index contributed by atoms with van der Waals surface area (Å²) in [5.41, 5.74) is 7.32. The van der Waals surface area contributed by atoms with Crippen LogP contribution in [0.2, 0.25) is 5.02 Å². The Hall–Kier alpha value is -2.49. The van der Waals surface area contributed by atoms with Gasteiger partial charge in [-0.3, -0.25) is 19.2 Å². The Balaban J connectivity index is 1.77. The Morgan fingerprint density at radius 2 is 1.97 bits per heavy atom. The molecule has 4 rings (SSSR count). The van der Waals surface area contributed by atoms with Crippen molar-refractivity contribution in [3.63, 3.8) is 0 Å². The number of nitrogens with zero attached hydrogens (tertiary/aromatic N) is 4. The van der Waals surface area contributed by atoms with Gasteiger partial charge in [-0.2, -0.15) is 5.10 Å². The largest absolute Gasteiger partial charge is 0.379 e. The monoisotopic (exact) mass is 491 g/mol. The van der Waals surface area contributed by atoms with E-state index in [-0.39, 0.29) is 34.5 Å². The summed E-state index contributed by atoms with van der Waals surface area (Å²) in [5.74, 6) is -1.18. The van der Waals surface area contributed by atoms with E-state index in [1.54, 1.807) is 4.90 Å². The smallest absolute Gasteiger partial charge is 0.252 e. The lowest BCUT2D eigenvalue weighted by Crippen LogP contribution is -2.48. The van der Waals surface area contributed by atoms with E-state index in [0.29, 0.717) is 49.7 Å². The predicted molar refractivity (Wildman–Crippen MR) is 127 cm³/mol. The minimum Gasteiger partial charge on any atom is -0.379 e. The molecule has 2 aliphatic rings. The van der Waals surface area contributed by atoms with Crippen LogP contribution in [0.15, 0.2) is 18.2 Å². The van der Waals surface area contributed by atoms with E-state index < -0.39 is 11.7 Å². The van der Waals surface area contributed by atoms with Crippen molar-refractivity contribution in [3.05, 3.63) is 40.3 Å².